The van der Waals surface area contributed by atoms with Crippen LogP contribution in [0.2, 0.25) is 0 Å². The van der Waals surface area contributed by atoms with Gasteiger partial charge in [-0.3, -0.25) is 9.69 Å². The molecule has 1 aliphatic heterocycles. The number of amides is 1. The van der Waals surface area contributed by atoms with E-state index in [0.29, 0.717) is 6.54 Å². The number of hydrogen-bond donors (Lipinski definition) is 2. The Morgan fingerprint density at radius 2 is 2.18 bits per heavy atom. The normalized spacial score (nSPS) is 26.1. The minimum atomic E-state index is -0.779. The van der Waals surface area contributed by atoms with E-state index in [-0.39, 0.29) is 18.4 Å². The number of aromatic nitrogens is 2. The minimum Gasteiger partial charge on any atom is -0.389 e. The lowest BCUT2D eigenvalue weighted by Crippen LogP contribution is -2.51. The van der Waals surface area contributed by atoms with Gasteiger partial charge < -0.3 is 15.0 Å². The number of aromatic amines is 1. The molecule has 3 rings (SSSR count). The van der Waals surface area contributed by atoms with Crippen LogP contribution in [0.25, 0.3) is 0 Å². The molecule has 2 fully saturated rings. The average Bonchev–Trinajstić information content (AvgIpc) is 3.02. The smallest absolute Gasteiger partial charge is 0.225 e. The maximum absolute atomic E-state index is 12.6. The predicted molar refractivity (Wildman–Crippen MR) is 83.2 cm³/mol. The topological polar surface area (TPSA) is 72.5 Å². The molecule has 2 heterocycles. The average molecular weight is 306 g/mol. The zero-order valence-corrected chi connectivity index (χ0v) is 13.3. The van der Waals surface area contributed by atoms with E-state index in [1.54, 1.807) is 6.20 Å². The monoisotopic (exact) mass is 306 g/mol. The molecule has 1 aromatic rings. The molecule has 0 aromatic carbocycles. The van der Waals surface area contributed by atoms with Crippen molar-refractivity contribution in [1.29, 1.82) is 0 Å². The van der Waals surface area contributed by atoms with Crippen LogP contribution in [0.15, 0.2) is 12.4 Å². The summed E-state index contributed by atoms with van der Waals surface area (Å²) >= 11 is 0. The molecule has 1 atom stereocenters. The van der Waals surface area contributed by atoms with E-state index in [0.717, 1.165) is 44.6 Å². The van der Waals surface area contributed by atoms with Gasteiger partial charge in [0, 0.05) is 32.0 Å². The van der Waals surface area contributed by atoms with Crippen molar-refractivity contribution in [1.82, 2.24) is 19.8 Å². The van der Waals surface area contributed by atoms with Crippen LogP contribution in [0, 0.1) is 0 Å². The van der Waals surface area contributed by atoms with Gasteiger partial charge in [-0.2, -0.15) is 0 Å². The second-order valence-corrected chi connectivity index (χ2v) is 6.77. The first kappa shape index (κ1) is 15.5. The highest BCUT2D eigenvalue weighted by molar-refractivity contribution is 5.77. The van der Waals surface area contributed by atoms with Crippen LogP contribution in [-0.4, -0.2) is 63.1 Å². The molecule has 6 nitrogen and oxygen atoms in total. The Morgan fingerprint density at radius 1 is 1.41 bits per heavy atom. The summed E-state index contributed by atoms with van der Waals surface area (Å²) in [6, 6.07) is 0.105. The third-order valence-electron chi connectivity index (χ3n) is 5.10. The van der Waals surface area contributed by atoms with E-state index in [1.807, 2.05) is 11.1 Å². The quantitative estimate of drug-likeness (QED) is 0.883. The summed E-state index contributed by atoms with van der Waals surface area (Å²) in [6.45, 7) is 2.19. The lowest BCUT2D eigenvalue weighted by molar-refractivity contribution is -0.140. The lowest BCUT2D eigenvalue weighted by atomic mass is 9.82. The molecule has 0 radical (unpaired) electrons. The van der Waals surface area contributed by atoms with Crippen molar-refractivity contribution in [2.24, 2.45) is 0 Å². The Hall–Kier alpha value is -1.40. The molecular weight excluding hydrogens is 280 g/mol. The SMILES string of the molecule is CN1CCN(C(=O)CC2(O)CCCCC2)CC1c1ncc[nH]1. The van der Waals surface area contributed by atoms with E-state index in [2.05, 4.69) is 21.9 Å². The van der Waals surface area contributed by atoms with Crippen molar-refractivity contribution in [2.45, 2.75) is 50.2 Å². The highest BCUT2D eigenvalue weighted by Crippen LogP contribution is 2.32. The number of nitrogens with zero attached hydrogens (tertiary/aromatic N) is 3. The third kappa shape index (κ3) is 3.33. The standard InChI is InChI=1S/C16H26N4O2/c1-19-9-10-20(12-13(19)15-17-7-8-18-15)14(21)11-16(22)5-3-2-4-6-16/h7-8,13,22H,2-6,9-12H2,1H3,(H,17,18). The van der Waals surface area contributed by atoms with Crippen LogP contribution in [0.5, 0.6) is 0 Å². The fourth-order valence-electron chi connectivity index (χ4n) is 3.64. The maximum atomic E-state index is 12.6. The summed E-state index contributed by atoms with van der Waals surface area (Å²) in [7, 11) is 2.06. The number of likely N-dealkylation sites (N-methyl/N-ethyl adjacent to an activating group) is 1. The molecule has 1 unspecified atom stereocenters. The van der Waals surface area contributed by atoms with E-state index in [9.17, 15) is 9.90 Å². The second kappa shape index (κ2) is 6.38. The van der Waals surface area contributed by atoms with Crippen LogP contribution in [0.1, 0.15) is 50.4 Å². The first-order valence-electron chi connectivity index (χ1n) is 8.27. The van der Waals surface area contributed by atoms with Gasteiger partial charge in [0.1, 0.15) is 5.82 Å². The van der Waals surface area contributed by atoms with Gasteiger partial charge in [-0.25, -0.2) is 4.98 Å². The highest BCUT2D eigenvalue weighted by Gasteiger charge is 2.36. The van der Waals surface area contributed by atoms with Crippen molar-refractivity contribution < 1.29 is 9.90 Å². The molecule has 122 valence electrons. The molecule has 1 aliphatic carbocycles. The van der Waals surface area contributed by atoms with Crippen LogP contribution >= 0.6 is 0 Å². The van der Waals surface area contributed by atoms with Crippen LogP contribution in [0.3, 0.4) is 0 Å². The third-order valence-corrected chi connectivity index (χ3v) is 5.10. The minimum absolute atomic E-state index is 0.0778. The molecule has 6 heteroatoms. The fraction of sp³-hybridized carbons (Fsp3) is 0.750. The zero-order chi connectivity index (χ0) is 15.6. The van der Waals surface area contributed by atoms with E-state index < -0.39 is 5.60 Å². The van der Waals surface area contributed by atoms with Crippen LogP contribution < -0.4 is 0 Å². The van der Waals surface area contributed by atoms with Gasteiger partial charge in [-0.15, -0.1) is 0 Å². The summed E-state index contributed by atoms with van der Waals surface area (Å²) in [5, 5.41) is 10.6. The number of piperazine rings is 1. The van der Waals surface area contributed by atoms with Gasteiger partial charge >= 0.3 is 0 Å². The first-order valence-corrected chi connectivity index (χ1v) is 8.27. The van der Waals surface area contributed by atoms with Gasteiger partial charge in [0.2, 0.25) is 5.91 Å². The molecule has 22 heavy (non-hydrogen) atoms. The van der Waals surface area contributed by atoms with Crippen molar-refractivity contribution >= 4 is 5.91 Å². The van der Waals surface area contributed by atoms with Crippen LogP contribution in [-0.2, 0) is 4.79 Å². The van der Waals surface area contributed by atoms with Crippen molar-refractivity contribution in [3.63, 3.8) is 0 Å². The number of nitrogens with one attached hydrogen (secondary N) is 1. The Kier molecular flexibility index (Phi) is 4.49. The zero-order valence-electron chi connectivity index (χ0n) is 13.3. The first-order chi connectivity index (χ1) is 10.6. The van der Waals surface area contributed by atoms with E-state index >= 15 is 0 Å². The molecule has 0 bridgehead atoms. The maximum Gasteiger partial charge on any atom is 0.225 e. The van der Waals surface area contributed by atoms with Gasteiger partial charge in [-0.1, -0.05) is 19.3 Å². The molecule has 2 aliphatic rings. The highest BCUT2D eigenvalue weighted by atomic mass is 16.3. The summed E-state index contributed by atoms with van der Waals surface area (Å²) in [4.78, 5) is 24.2. The van der Waals surface area contributed by atoms with Gasteiger partial charge in [-0.05, 0) is 19.9 Å². The summed E-state index contributed by atoms with van der Waals surface area (Å²) < 4.78 is 0. The molecule has 1 aromatic heterocycles. The number of hydrogen-bond acceptors (Lipinski definition) is 4. The largest absolute Gasteiger partial charge is 0.389 e. The van der Waals surface area contributed by atoms with Crippen molar-refractivity contribution in [3.8, 4) is 0 Å². The van der Waals surface area contributed by atoms with Gasteiger partial charge in [0.05, 0.1) is 18.1 Å². The Labute approximate surface area is 131 Å². The number of H-pyrrole nitrogens is 1. The molecule has 0 spiro atoms. The van der Waals surface area contributed by atoms with Gasteiger partial charge in [0.15, 0.2) is 0 Å². The second-order valence-electron chi connectivity index (χ2n) is 6.77. The Balaban J connectivity index is 1.63. The number of carbonyl (C=O) groups is 1. The Morgan fingerprint density at radius 3 is 2.86 bits per heavy atom. The number of imidazole rings is 1. The number of aliphatic hydroxyl groups is 1. The summed E-state index contributed by atoms with van der Waals surface area (Å²) in [6.07, 6.45) is 8.57. The molecule has 1 saturated carbocycles. The molecule has 1 amide bonds. The molecule has 1 saturated heterocycles. The van der Waals surface area contributed by atoms with Gasteiger partial charge in [0.25, 0.3) is 0 Å². The molecular formula is C16H26N4O2. The van der Waals surface area contributed by atoms with E-state index in [1.165, 1.54) is 6.42 Å². The fourth-order valence-corrected chi connectivity index (χ4v) is 3.64. The van der Waals surface area contributed by atoms with Crippen molar-refractivity contribution in [2.75, 3.05) is 26.7 Å². The lowest BCUT2D eigenvalue weighted by Gasteiger charge is -2.40. The van der Waals surface area contributed by atoms with E-state index in [4.69, 9.17) is 0 Å². The summed E-state index contributed by atoms with van der Waals surface area (Å²) in [5.74, 6) is 0.977. The van der Waals surface area contributed by atoms with Crippen LogP contribution in [0.4, 0.5) is 0 Å². The molecule has 2 N–H and O–H groups in total. The predicted octanol–water partition coefficient (Wildman–Crippen LogP) is 1.31. The Bertz CT molecular complexity index is 496. The number of carbonyl (C=O) groups excluding carboxylic acids is 1. The number of rotatable bonds is 3. The van der Waals surface area contributed by atoms with Crippen molar-refractivity contribution in [3.05, 3.63) is 18.2 Å². The summed E-state index contributed by atoms with van der Waals surface area (Å²) in [5.41, 5.74) is -0.779.